The number of allylic oxidation sites excluding steroid dienone is 2. The monoisotopic (exact) mass is 362 g/mol. The van der Waals surface area contributed by atoms with Gasteiger partial charge in [-0.15, -0.1) is 13.2 Å². The van der Waals surface area contributed by atoms with Gasteiger partial charge >= 0.3 is 0 Å². The Morgan fingerprint density at radius 3 is 1.52 bits per heavy atom. The number of hydrogen-bond donors (Lipinski definition) is 0. The van der Waals surface area contributed by atoms with Gasteiger partial charge in [0.05, 0.1) is 34.2 Å². The summed E-state index contributed by atoms with van der Waals surface area (Å²) in [6.07, 6.45) is 0.716. The number of hydrogen-bond acceptors (Lipinski definition) is 5. The van der Waals surface area contributed by atoms with E-state index < -0.39 is 42.4 Å². The van der Waals surface area contributed by atoms with Crippen molar-refractivity contribution < 1.29 is 21.6 Å². The van der Waals surface area contributed by atoms with Crippen LogP contribution in [0.15, 0.2) is 24.3 Å². The lowest BCUT2D eigenvalue weighted by atomic mass is 10.0. The zero-order valence-corrected chi connectivity index (χ0v) is 15.5. The molecule has 2 fully saturated rings. The molecule has 0 radical (unpaired) electrons. The number of rotatable bonds is 6. The standard InChI is InChI=1S/C16H26O5S2/c1-11(2)9-15-13(5-7-22(15,17)18)21-14-6-8-23(19,20)16(14)10-12(3)4/h13-16H,1,3,5-10H2,2,4H3. The highest BCUT2D eigenvalue weighted by Gasteiger charge is 2.46. The summed E-state index contributed by atoms with van der Waals surface area (Å²) in [5, 5.41) is -1.21. The molecule has 5 nitrogen and oxygen atoms in total. The SMILES string of the molecule is C=C(C)CC1C(OC2CCS(=O)(=O)C2CC(=C)C)CCS1(=O)=O. The highest BCUT2D eigenvalue weighted by Crippen LogP contribution is 2.34. The van der Waals surface area contributed by atoms with Crippen LogP contribution in [0.1, 0.15) is 39.5 Å². The molecule has 0 bridgehead atoms. The van der Waals surface area contributed by atoms with Gasteiger partial charge in [-0.2, -0.15) is 0 Å². The molecule has 2 aliphatic heterocycles. The Kier molecular flexibility index (Phi) is 5.43. The van der Waals surface area contributed by atoms with Crippen molar-refractivity contribution in [2.45, 2.75) is 62.2 Å². The topological polar surface area (TPSA) is 77.5 Å². The van der Waals surface area contributed by atoms with Gasteiger partial charge in [0.25, 0.3) is 0 Å². The fourth-order valence-electron chi connectivity index (χ4n) is 3.44. The molecular formula is C16H26O5S2. The summed E-state index contributed by atoms with van der Waals surface area (Å²) in [5.74, 6) is 0.195. The van der Waals surface area contributed by atoms with Crippen molar-refractivity contribution in [2.24, 2.45) is 0 Å². The van der Waals surface area contributed by atoms with Gasteiger partial charge in [0.1, 0.15) is 0 Å². The van der Waals surface area contributed by atoms with Crippen LogP contribution in [-0.2, 0) is 24.4 Å². The maximum Gasteiger partial charge on any atom is 0.156 e. The van der Waals surface area contributed by atoms with Crippen LogP contribution in [0.3, 0.4) is 0 Å². The van der Waals surface area contributed by atoms with Gasteiger partial charge in [-0.05, 0) is 39.5 Å². The first kappa shape index (κ1) is 18.7. The van der Waals surface area contributed by atoms with Gasteiger partial charge in [-0.1, -0.05) is 11.1 Å². The molecular weight excluding hydrogens is 336 g/mol. The average molecular weight is 363 g/mol. The van der Waals surface area contributed by atoms with Crippen LogP contribution in [0.25, 0.3) is 0 Å². The van der Waals surface area contributed by atoms with E-state index in [4.69, 9.17) is 4.74 Å². The van der Waals surface area contributed by atoms with Crippen molar-refractivity contribution in [1.82, 2.24) is 0 Å². The number of ether oxygens (including phenoxy) is 1. The van der Waals surface area contributed by atoms with Gasteiger partial charge < -0.3 is 4.74 Å². The molecule has 23 heavy (non-hydrogen) atoms. The van der Waals surface area contributed by atoms with E-state index in [0.717, 1.165) is 11.1 Å². The molecule has 4 atom stereocenters. The van der Waals surface area contributed by atoms with Crippen LogP contribution in [-0.4, -0.2) is 51.0 Å². The van der Waals surface area contributed by atoms with Crippen molar-refractivity contribution in [1.29, 1.82) is 0 Å². The third-order valence-electron chi connectivity index (χ3n) is 4.57. The first-order valence-electron chi connectivity index (χ1n) is 7.90. The molecule has 2 aliphatic rings. The first-order valence-corrected chi connectivity index (χ1v) is 11.3. The Hall–Kier alpha value is -0.660. The fourth-order valence-corrected chi connectivity index (χ4v) is 7.57. The van der Waals surface area contributed by atoms with E-state index >= 15 is 0 Å². The Morgan fingerprint density at radius 1 is 0.870 bits per heavy atom. The Bertz CT molecular complexity index is 630. The molecule has 132 valence electrons. The molecule has 0 amide bonds. The Morgan fingerprint density at radius 2 is 1.22 bits per heavy atom. The predicted molar refractivity (Wildman–Crippen MR) is 91.9 cm³/mol. The Labute approximate surface area is 139 Å². The van der Waals surface area contributed by atoms with Crippen LogP contribution in [0.5, 0.6) is 0 Å². The molecule has 0 aliphatic carbocycles. The zero-order chi connectivity index (χ0) is 17.4. The molecule has 2 heterocycles. The Balaban J connectivity index is 2.16. The highest BCUT2D eigenvalue weighted by molar-refractivity contribution is 7.92. The van der Waals surface area contributed by atoms with E-state index in [9.17, 15) is 16.8 Å². The lowest BCUT2D eigenvalue weighted by Gasteiger charge is -2.26. The first-order chi connectivity index (χ1) is 10.5. The molecule has 2 saturated heterocycles. The van der Waals surface area contributed by atoms with Crippen LogP contribution >= 0.6 is 0 Å². The van der Waals surface area contributed by atoms with Crippen molar-refractivity contribution in [3.63, 3.8) is 0 Å². The van der Waals surface area contributed by atoms with Crippen LogP contribution in [0.4, 0.5) is 0 Å². The molecule has 0 spiro atoms. The van der Waals surface area contributed by atoms with Gasteiger partial charge in [0.2, 0.25) is 0 Å². The summed E-state index contributed by atoms with van der Waals surface area (Å²) in [4.78, 5) is 0. The van der Waals surface area contributed by atoms with Crippen LogP contribution < -0.4 is 0 Å². The summed E-state index contributed by atoms with van der Waals surface area (Å²) >= 11 is 0. The van der Waals surface area contributed by atoms with Crippen molar-refractivity contribution in [2.75, 3.05) is 11.5 Å². The second-order valence-corrected chi connectivity index (χ2v) is 11.6. The number of sulfone groups is 2. The van der Waals surface area contributed by atoms with Crippen molar-refractivity contribution in [3.05, 3.63) is 24.3 Å². The van der Waals surface area contributed by atoms with Gasteiger partial charge in [0, 0.05) is 0 Å². The predicted octanol–water partition coefficient (Wildman–Crippen LogP) is 2.05. The van der Waals surface area contributed by atoms with Crippen molar-refractivity contribution >= 4 is 19.7 Å². The zero-order valence-electron chi connectivity index (χ0n) is 13.8. The van der Waals surface area contributed by atoms with Crippen molar-refractivity contribution in [3.8, 4) is 0 Å². The maximum atomic E-state index is 12.2. The van der Waals surface area contributed by atoms with Gasteiger partial charge in [-0.3, -0.25) is 0 Å². The average Bonchev–Trinajstić information content (AvgIpc) is 2.82. The third-order valence-corrected chi connectivity index (χ3v) is 8.97. The molecule has 7 heteroatoms. The second kappa shape index (κ2) is 6.69. The van der Waals surface area contributed by atoms with E-state index in [1.54, 1.807) is 13.8 Å². The van der Waals surface area contributed by atoms with Gasteiger partial charge in [0.15, 0.2) is 19.7 Å². The molecule has 0 aromatic carbocycles. The normalized spacial score (nSPS) is 35.2. The summed E-state index contributed by atoms with van der Waals surface area (Å²) in [6, 6.07) is 0. The summed E-state index contributed by atoms with van der Waals surface area (Å²) in [7, 11) is -6.39. The second-order valence-electron chi connectivity index (χ2n) is 6.92. The highest BCUT2D eigenvalue weighted by atomic mass is 32.2. The fraction of sp³-hybridized carbons (Fsp3) is 0.750. The molecule has 0 aromatic heterocycles. The molecule has 0 saturated carbocycles. The van der Waals surface area contributed by atoms with Crippen LogP contribution in [0.2, 0.25) is 0 Å². The van der Waals surface area contributed by atoms with E-state index in [1.165, 1.54) is 0 Å². The van der Waals surface area contributed by atoms with E-state index in [-0.39, 0.29) is 11.5 Å². The smallest absolute Gasteiger partial charge is 0.156 e. The van der Waals surface area contributed by atoms with E-state index in [2.05, 4.69) is 13.2 Å². The summed E-state index contributed by atoms with van der Waals surface area (Å²) < 4.78 is 54.9. The largest absolute Gasteiger partial charge is 0.372 e. The van der Waals surface area contributed by atoms with E-state index in [1.807, 2.05) is 0 Å². The minimum atomic E-state index is -3.20. The molecule has 4 unspecified atom stereocenters. The molecule has 0 aromatic rings. The van der Waals surface area contributed by atoms with Gasteiger partial charge in [-0.25, -0.2) is 16.8 Å². The minimum absolute atomic E-state index is 0.0975. The summed E-state index contributed by atoms with van der Waals surface area (Å²) in [5.41, 5.74) is 1.60. The lowest BCUT2D eigenvalue weighted by Crippen LogP contribution is -2.37. The molecule has 0 N–H and O–H groups in total. The van der Waals surface area contributed by atoms with Crippen LogP contribution in [0, 0.1) is 0 Å². The molecule has 2 rings (SSSR count). The minimum Gasteiger partial charge on any atom is -0.372 e. The lowest BCUT2D eigenvalue weighted by molar-refractivity contribution is -0.00975. The van der Waals surface area contributed by atoms with E-state index in [0.29, 0.717) is 25.7 Å². The summed E-state index contributed by atoms with van der Waals surface area (Å²) in [6.45, 7) is 11.2. The maximum absolute atomic E-state index is 12.2. The third kappa shape index (κ3) is 4.25. The quantitative estimate of drug-likeness (QED) is 0.676.